The van der Waals surface area contributed by atoms with Crippen LogP contribution in [0.15, 0.2) is 0 Å². The summed E-state index contributed by atoms with van der Waals surface area (Å²) in [6, 6.07) is -0.247. The zero-order valence-electron chi connectivity index (χ0n) is 9.12. The molecule has 0 aliphatic rings. The number of nitrogens with one attached hydrogen (secondary N) is 1. The van der Waals surface area contributed by atoms with Crippen molar-refractivity contribution in [3.05, 3.63) is 0 Å². The lowest BCUT2D eigenvalue weighted by molar-refractivity contribution is 0.397. The molecular formula is C8H19ClN2O2S. The van der Waals surface area contributed by atoms with E-state index in [0.29, 0.717) is 12.3 Å². The first-order valence-corrected chi connectivity index (χ1v) is 6.63. The maximum Gasteiger partial charge on any atom is 0.279 e. The molecule has 0 aromatic rings. The van der Waals surface area contributed by atoms with Crippen LogP contribution in [0.5, 0.6) is 0 Å². The molecule has 6 heteroatoms. The Bertz CT molecular complexity index is 250. The number of hydrogen-bond donors (Lipinski definition) is 1. The normalized spacial score (nSPS) is 15.1. The van der Waals surface area contributed by atoms with E-state index in [1.807, 2.05) is 20.8 Å². The number of nitrogens with zero attached hydrogens (tertiary/aromatic N) is 1. The average Bonchev–Trinajstić information content (AvgIpc) is 2.12. The molecule has 0 aliphatic heterocycles. The maximum atomic E-state index is 11.7. The minimum Gasteiger partial charge on any atom is -0.198 e. The molecule has 0 spiro atoms. The first-order chi connectivity index (χ1) is 6.35. The summed E-state index contributed by atoms with van der Waals surface area (Å²) in [5.41, 5.74) is 0. The third-order valence-electron chi connectivity index (χ3n) is 2.10. The third-order valence-corrected chi connectivity index (χ3v) is 4.28. The van der Waals surface area contributed by atoms with Gasteiger partial charge in [0.1, 0.15) is 0 Å². The summed E-state index contributed by atoms with van der Waals surface area (Å²) >= 11 is 5.61. The van der Waals surface area contributed by atoms with Gasteiger partial charge >= 0.3 is 0 Å². The fraction of sp³-hybridized carbons (Fsp3) is 1.00. The summed E-state index contributed by atoms with van der Waals surface area (Å²) < 4.78 is 27.1. The van der Waals surface area contributed by atoms with Crippen molar-refractivity contribution in [3.63, 3.8) is 0 Å². The van der Waals surface area contributed by atoms with Crippen molar-refractivity contribution in [1.29, 1.82) is 0 Å². The van der Waals surface area contributed by atoms with Crippen molar-refractivity contribution in [3.8, 4) is 0 Å². The summed E-state index contributed by atoms with van der Waals surface area (Å²) in [5, 5.41) is 0. The predicted molar refractivity (Wildman–Crippen MR) is 59.8 cm³/mol. The van der Waals surface area contributed by atoms with E-state index in [-0.39, 0.29) is 12.1 Å². The van der Waals surface area contributed by atoms with E-state index in [2.05, 4.69) is 4.72 Å². The maximum absolute atomic E-state index is 11.7. The Hall–Kier alpha value is 0.160. The zero-order chi connectivity index (χ0) is 11.4. The van der Waals surface area contributed by atoms with Gasteiger partial charge in [-0.25, -0.2) is 0 Å². The van der Waals surface area contributed by atoms with Crippen LogP contribution < -0.4 is 4.72 Å². The van der Waals surface area contributed by atoms with E-state index in [1.54, 1.807) is 7.05 Å². The van der Waals surface area contributed by atoms with Crippen molar-refractivity contribution in [1.82, 2.24) is 9.03 Å². The van der Waals surface area contributed by atoms with Gasteiger partial charge in [-0.05, 0) is 20.3 Å². The summed E-state index contributed by atoms with van der Waals surface area (Å²) in [6.07, 6.45) is 0.689. The van der Waals surface area contributed by atoms with Crippen molar-refractivity contribution in [2.45, 2.75) is 39.3 Å². The van der Waals surface area contributed by atoms with E-state index in [9.17, 15) is 8.42 Å². The van der Waals surface area contributed by atoms with Gasteiger partial charge < -0.3 is 0 Å². The second-order valence-electron chi connectivity index (χ2n) is 3.49. The summed E-state index contributed by atoms with van der Waals surface area (Å²) in [5.74, 6) is 0.293. The molecule has 1 N–H and O–H groups in total. The van der Waals surface area contributed by atoms with E-state index in [4.69, 9.17) is 11.6 Å². The van der Waals surface area contributed by atoms with Crippen LogP contribution in [-0.2, 0) is 10.2 Å². The van der Waals surface area contributed by atoms with Crippen LogP contribution >= 0.6 is 11.6 Å². The number of rotatable bonds is 6. The van der Waals surface area contributed by atoms with Gasteiger partial charge in [0.2, 0.25) is 0 Å². The van der Waals surface area contributed by atoms with Gasteiger partial charge in [0.15, 0.2) is 0 Å². The van der Waals surface area contributed by atoms with Crippen LogP contribution in [0.25, 0.3) is 0 Å². The van der Waals surface area contributed by atoms with Crippen LogP contribution in [0.2, 0.25) is 0 Å². The Morgan fingerprint density at radius 3 is 2.21 bits per heavy atom. The standard InChI is InChI=1S/C8H19ClN2O2S/c1-5-8(6-9)10-14(12,13)11(4)7(2)3/h7-8,10H,5-6H2,1-4H3. The smallest absolute Gasteiger partial charge is 0.198 e. The van der Waals surface area contributed by atoms with Crippen LogP contribution in [0, 0.1) is 0 Å². The molecule has 0 heterocycles. The second-order valence-corrected chi connectivity index (χ2v) is 5.56. The minimum absolute atomic E-state index is 0.0552. The highest BCUT2D eigenvalue weighted by atomic mass is 35.5. The lowest BCUT2D eigenvalue weighted by Crippen LogP contribution is -2.46. The molecule has 1 unspecified atom stereocenters. The summed E-state index contributed by atoms with van der Waals surface area (Å²) in [4.78, 5) is 0. The Kier molecular flexibility index (Phi) is 5.97. The van der Waals surface area contributed by atoms with Gasteiger partial charge in [0, 0.05) is 25.0 Å². The molecule has 0 saturated heterocycles. The minimum atomic E-state index is -3.38. The van der Waals surface area contributed by atoms with Crippen LogP contribution in [0.4, 0.5) is 0 Å². The van der Waals surface area contributed by atoms with Crippen LogP contribution in [0.3, 0.4) is 0 Å². The predicted octanol–water partition coefficient (Wildman–Crippen LogP) is 1.18. The lowest BCUT2D eigenvalue weighted by atomic mass is 10.3. The van der Waals surface area contributed by atoms with Gasteiger partial charge in [-0.2, -0.15) is 17.4 Å². The topological polar surface area (TPSA) is 49.4 Å². The molecule has 0 radical (unpaired) electrons. The van der Waals surface area contributed by atoms with E-state index in [0.717, 1.165) is 0 Å². The first kappa shape index (κ1) is 14.2. The third kappa shape index (κ3) is 4.13. The highest BCUT2D eigenvalue weighted by Crippen LogP contribution is 2.04. The van der Waals surface area contributed by atoms with Gasteiger partial charge in [-0.15, -0.1) is 11.6 Å². The molecular weight excluding hydrogens is 224 g/mol. The summed E-state index contributed by atoms with van der Waals surface area (Å²) in [7, 11) is -1.83. The van der Waals surface area contributed by atoms with Crippen LogP contribution in [0.1, 0.15) is 27.2 Å². The summed E-state index contributed by atoms with van der Waals surface area (Å²) in [6.45, 7) is 5.53. The molecule has 0 bridgehead atoms. The number of alkyl halides is 1. The average molecular weight is 243 g/mol. The van der Waals surface area contributed by atoms with E-state index >= 15 is 0 Å². The van der Waals surface area contributed by atoms with Crippen molar-refractivity contribution in [2.24, 2.45) is 0 Å². The van der Waals surface area contributed by atoms with Gasteiger partial charge in [0.25, 0.3) is 10.2 Å². The fourth-order valence-electron chi connectivity index (χ4n) is 0.795. The second kappa shape index (κ2) is 5.90. The zero-order valence-corrected chi connectivity index (χ0v) is 10.7. The van der Waals surface area contributed by atoms with Crippen molar-refractivity contribution in [2.75, 3.05) is 12.9 Å². The monoisotopic (exact) mass is 242 g/mol. The number of hydrogen-bond acceptors (Lipinski definition) is 2. The molecule has 1 atom stereocenters. The number of halogens is 1. The van der Waals surface area contributed by atoms with Crippen molar-refractivity contribution < 1.29 is 8.42 Å². The highest BCUT2D eigenvalue weighted by molar-refractivity contribution is 7.87. The van der Waals surface area contributed by atoms with E-state index in [1.165, 1.54) is 4.31 Å². The Labute approximate surface area is 91.8 Å². The van der Waals surface area contributed by atoms with Gasteiger partial charge in [-0.3, -0.25) is 0 Å². The molecule has 0 fully saturated rings. The molecule has 0 aliphatic carbocycles. The lowest BCUT2D eigenvalue weighted by Gasteiger charge is -2.24. The van der Waals surface area contributed by atoms with Gasteiger partial charge in [0.05, 0.1) is 0 Å². The molecule has 0 amide bonds. The first-order valence-electron chi connectivity index (χ1n) is 4.66. The Morgan fingerprint density at radius 2 is 1.93 bits per heavy atom. The van der Waals surface area contributed by atoms with Crippen molar-refractivity contribution >= 4 is 21.8 Å². The quantitative estimate of drug-likeness (QED) is 0.711. The SMILES string of the molecule is CCC(CCl)NS(=O)(=O)N(C)C(C)C. The molecule has 86 valence electrons. The highest BCUT2D eigenvalue weighted by Gasteiger charge is 2.22. The molecule has 0 saturated carbocycles. The Balaban J connectivity index is 4.48. The molecule has 0 rings (SSSR count). The van der Waals surface area contributed by atoms with Crippen LogP contribution in [-0.4, -0.2) is 37.7 Å². The molecule has 0 aromatic heterocycles. The van der Waals surface area contributed by atoms with E-state index < -0.39 is 10.2 Å². The fourth-order valence-corrected chi connectivity index (χ4v) is 2.57. The molecule has 14 heavy (non-hydrogen) atoms. The molecule has 4 nitrogen and oxygen atoms in total. The Morgan fingerprint density at radius 1 is 1.43 bits per heavy atom. The van der Waals surface area contributed by atoms with Gasteiger partial charge in [-0.1, -0.05) is 6.92 Å². The largest absolute Gasteiger partial charge is 0.279 e. The molecule has 0 aromatic carbocycles.